The lowest BCUT2D eigenvalue weighted by atomic mass is 10.1. The number of carbonyl (C=O) groups excluding carboxylic acids is 2. The van der Waals surface area contributed by atoms with Crippen LogP contribution in [0.4, 0.5) is 4.79 Å². The maximum atomic E-state index is 11.7. The first-order valence-electron chi connectivity index (χ1n) is 7.65. The Balaban J connectivity index is 1.76. The van der Waals surface area contributed by atoms with Crippen LogP contribution in [0.1, 0.15) is 21.5 Å². The first-order chi connectivity index (χ1) is 12.1. The van der Waals surface area contributed by atoms with Gasteiger partial charge in [0, 0.05) is 19.2 Å². The molecule has 2 rings (SSSR count). The SMILES string of the molecule is CNC(=O)c1cccc(CNC(=S)NC(=O)OCc2ccccc2)c1. The minimum Gasteiger partial charge on any atom is -0.444 e. The molecule has 0 spiro atoms. The lowest BCUT2D eigenvalue weighted by Gasteiger charge is -2.11. The number of alkyl carbamates (subject to hydrolysis) is 1. The van der Waals surface area contributed by atoms with Gasteiger partial charge in [0.1, 0.15) is 6.61 Å². The molecule has 0 unspecified atom stereocenters. The molecule has 6 nitrogen and oxygen atoms in total. The highest BCUT2D eigenvalue weighted by Gasteiger charge is 2.07. The predicted octanol–water partition coefficient (Wildman–Crippen LogP) is 2.35. The van der Waals surface area contributed by atoms with Crippen molar-refractivity contribution in [2.24, 2.45) is 0 Å². The highest BCUT2D eigenvalue weighted by Crippen LogP contribution is 2.05. The van der Waals surface area contributed by atoms with E-state index < -0.39 is 6.09 Å². The zero-order valence-corrected chi connectivity index (χ0v) is 14.6. The molecule has 0 aliphatic rings. The van der Waals surface area contributed by atoms with Crippen LogP contribution in [0.25, 0.3) is 0 Å². The van der Waals surface area contributed by atoms with Crippen LogP contribution in [0.2, 0.25) is 0 Å². The summed E-state index contributed by atoms with van der Waals surface area (Å²) in [6.07, 6.45) is -0.625. The molecule has 3 N–H and O–H groups in total. The number of rotatable bonds is 5. The number of amides is 2. The number of nitrogens with one attached hydrogen (secondary N) is 3. The van der Waals surface area contributed by atoms with Crippen molar-refractivity contribution in [1.82, 2.24) is 16.0 Å². The van der Waals surface area contributed by atoms with E-state index in [1.54, 1.807) is 25.2 Å². The van der Waals surface area contributed by atoms with Crippen LogP contribution in [0.15, 0.2) is 54.6 Å². The molecule has 0 atom stereocenters. The Morgan fingerprint density at radius 1 is 1.04 bits per heavy atom. The van der Waals surface area contributed by atoms with E-state index in [0.29, 0.717) is 12.1 Å². The van der Waals surface area contributed by atoms with Crippen molar-refractivity contribution >= 4 is 29.3 Å². The van der Waals surface area contributed by atoms with Crippen LogP contribution >= 0.6 is 12.2 Å². The smallest absolute Gasteiger partial charge is 0.413 e. The summed E-state index contributed by atoms with van der Waals surface area (Å²) in [5, 5.41) is 8.07. The second kappa shape index (κ2) is 9.39. The Morgan fingerprint density at radius 2 is 1.76 bits per heavy atom. The fraction of sp³-hybridized carbons (Fsp3) is 0.167. The van der Waals surface area contributed by atoms with Crippen LogP contribution < -0.4 is 16.0 Å². The quantitative estimate of drug-likeness (QED) is 0.716. The summed E-state index contributed by atoms with van der Waals surface area (Å²) in [5.41, 5.74) is 2.31. The number of hydrogen-bond donors (Lipinski definition) is 3. The van der Waals surface area contributed by atoms with Gasteiger partial charge in [0.15, 0.2) is 5.11 Å². The molecule has 7 heteroatoms. The van der Waals surface area contributed by atoms with Crippen molar-refractivity contribution in [3.05, 3.63) is 71.3 Å². The maximum Gasteiger partial charge on any atom is 0.413 e. The third-order valence-electron chi connectivity index (χ3n) is 3.30. The van der Waals surface area contributed by atoms with Crippen molar-refractivity contribution in [2.75, 3.05) is 7.05 Å². The number of hydrogen-bond acceptors (Lipinski definition) is 4. The van der Waals surface area contributed by atoms with E-state index in [-0.39, 0.29) is 17.6 Å². The van der Waals surface area contributed by atoms with Crippen LogP contribution in [0.3, 0.4) is 0 Å². The van der Waals surface area contributed by atoms with Crippen molar-refractivity contribution in [3.8, 4) is 0 Å². The van der Waals surface area contributed by atoms with Crippen LogP contribution in [0, 0.1) is 0 Å². The first-order valence-corrected chi connectivity index (χ1v) is 8.06. The Labute approximate surface area is 151 Å². The predicted molar refractivity (Wildman–Crippen MR) is 99.0 cm³/mol. The third kappa shape index (κ3) is 6.23. The number of ether oxygens (including phenoxy) is 1. The normalized spacial score (nSPS) is 9.80. The summed E-state index contributed by atoms with van der Waals surface area (Å²) in [4.78, 5) is 23.3. The molecule has 0 aromatic heterocycles. The van der Waals surface area contributed by atoms with Crippen LogP contribution in [0.5, 0.6) is 0 Å². The topological polar surface area (TPSA) is 79.5 Å². The summed E-state index contributed by atoms with van der Waals surface area (Å²) in [6.45, 7) is 0.548. The molecule has 0 aliphatic heterocycles. The summed E-state index contributed by atoms with van der Waals surface area (Å²) in [6, 6.07) is 16.5. The zero-order valence-electron chi connectivity index (χ0n) is 13.7. The van der Waals surface area contributed by atoms with Gasteiger partial charge in [0.2, 0.25) is 0 Å². The molecule has 130 valence electrons. The molecule has 2 aromatic carbocycles. The van der Waals surface area contributed by atoms with Gasteiger partial charge in [0.05, 0.1) is 0 Å². The minimum atomic E-state index is -0.625. The van der Waals surface area contributed by atoms with Gasteiger partial charge in [-0.25, -0.2) is 4.79 Å². The Morgan fingerprint density at radius 3 is 2.48 bits per heavy atom. The highest BCUT2D eigenvalue weighted by molar-refractivity contribution is 7.80. The van der Waals surface area contributed by atoms with Gasteiger partial charge in [-0.1, -0.05) is 42.5 Å². The molecular formula is C18H19N3O3S. The third-order valence-corrected chi connectivity index (χ3v) is 3.54. The van der Waals surface area contributed by atoms with Crippen molar-refractivity contribution in [3.63, 3.8) is 0 Å². The van der Waals surface area contributed by atoms with Gasteiger partial charge < -0.3 is 15.4 Å². The van der Waals surface area contributed by atoms with Crippen molar-refractivity contribution in [2.45, 2.75) is 13.2 Å². The number of carbonyl (C=O) groups is 2. The molecule has 0 radical (unpaired) electrons. The molecule has 0 fully saturated rings. The molecule has 25 heavy (non-hydrogen) atoms. The molecule has 0 saturated heterocycles. The second-order valence-corrected chi connectivity index (χ2v) is 5.56. The minimum absolute atomic E-state index is 0.156. The van der Waals surface area contributed by atoms with Gasteiger partial charge >= 0.3 is 6.09 Å². The molecular weight excluding hydrogens is 338 g/mol. The lowest BCUT2D eigenvalue weighted by Crippen LogP contribution is -2.39. The van der Waals surface area contributed by atoms with Gasteiger partial charge in [-0.05, 0) is 35.5 Å². The Kier molecular flexibility index (Phi) is 6.91. The van der Waals surface area contributed by atoms with Gasteiger partial charge in [0.25, 0.3) is 5.91 Å². The van der Waals surface area contributed by atoms with Gasteiger partial charge in [-0.2, -0.15) is 0 Å². The monoisotopic (exact) mass is 357 g/mol. The molecule has 0 heterocycles. The standard InChI is InChI=1S/C18H19N3O3S/c1-19-16(22)15-9-5-8-14(10-15)11-20-17(25)21-18(23)24-12-13-6-3-2-4-7-13/h2-10H,11-12H2,1H3,(H,19,22)(H2,20,21,23,25). The average Bonchev–Trinajstić information content (AvgIpc) is 2.65. The van der Waals surface area contributed by atoms with Crippen LogP contribution in [-0.2, 0) is 17.9 Å². The van der Waals surface area contributed by atoms with E-state index in [9.17, 15) is 9.59 Å². The molecule has 0 saturated carbocycles. The zero-order chi connectivity index (χ0) is 18.1. The van der Waals surface area contributed by atoms with Crippen molar-refractivity contribution in [1.29, 1.82) is 0 Å². The second-order valence-electron chi connectivity index (χ2n) is 5.15. The van der Waals surface area contributed by atoms with E-state index in [1.165, 1.54) is 0 Å². The largest absolute Gasteiger partial charge is 0.444 e. The Bertz CT molecular complexity index is 750. The maximum absolute atomic E-state index is 11.7. The summed E-state index contributed by atoms with van der Waals surface area (Å²) in [5.74, 6) is -0.160. The lowest BCUT2D eigenvalue weighted by molar-refractivity contribution is 0.0963. The molecule has 0 bridgehead atoms. The van der Waals surface area contributed by atoms with E-state index in [4.69, 9.17) is 17.0 Å². The van der Waals surface area contributed by atoms with E-state index in [1.807, 2.05) is 36.4 Å². The van der Waals surface area contributed by atoms with E-state index in [2.05, 4.69) is 16.0 Å². The van der Waals surface area contributed by atoms with E-state index >= 15 is 0 Å². The summed E-state index contributed by atoms with van der Waals surface area (Å²) < 4.78 is 5.09. The fourth-order valence-electron chi connectivity index (χ4n) is 2.05. The fourth-order valence-corrected chi connectivity index (χ4v) is 2.20. The number of thiocarbonyl (C=S) groups is 1. The van der Waals surface area contributed by atoms with E-state index in [0.717, 1.165) is 11.1 Å². The number of benzene rings is 2. The van der Waals surface area contributed by atoms with Gasteiger partial charge in [-0.15, -0.1) is 0 Å². The Hall–Kier alpha value is -2.93. The van der Waals surface area contributed by atoms with Gasteiger partial charge in [-0.3, -0.25) is 10.1 Å². The average molecular weight is 357 g/mol. The molecule has 2 aromatic rings. The van der Waals surface area contributed by atoms with Crippen LogP contribution in [-0.4, -0.2) is 24.2 Å². The first kappa shape index (κ1) is 18.4. The summed E-state index contributed by atoms with van der Waals surface area (Å²) >= 11 is 5.07. The highest BCUT2D eigenvalue weighted by atomic mass is 32.1. The molecule has 0 aliphatic carbocycles. The molecule has 2 amide bonds. The summed E-state index contributed by atoms with van der Waals surface area (Å²) in [7, 11) is 1.58. The van der Waals surface area contributed by atoms with Crippen molar-refractivity contribution < 1.29 is 14.3 Å².